The summed E-state index contributed by atoms with van der Waals surface area (Å²) in [7, 11) is 0. The quantitative estimate of drug-likeness (QED) is 0.398. The molecule has 0 atom stereocenters. The molecule has 20 heavy (non-hydrogen) atoms. The van der Waals surface area contributed by atoms with Crippen molar-refractivity contribution in [2.75, 3.05) is 0 Å². The number of benzene rings is 3. The molecule has 0 radical (unpaired) electrons. The fourth-order valence-electron chi connectivity index (χ4n) is 2.36. The van der Waals surface area contributed by atoms with E-state index in [1.54, 1.807) is 24.3 Å². The lowest BCUT2D eigenvalue weighted by Crippen LogP contribution is -1.80. The van der Waals surface area contributed by atoms with Crippen LogP contribution in [0.2, 0.25) is 0 Å². The highest BCUT2D eigenvalue weighted by atomic mass is 16.1. The lowest BCUT2D eigenvalue weighted by Gasteiger charge is -2.07. The fourth-order valence-corrected chi connectivity index (χ4v) is 2.36. The summed E-state index contributed by atoms with van der Waals surface area (Å²) in [6.45, 7) is 0. The summed E-state index contributed by atoms with van der Waals surface area (Å²) in [5.41, 5.74) is 1.04. The van der Waals surface area contributed by atoms with E-state index >= 15 is 0 Å². The zero-order chi connectivity index (χ0) is 13.9. The second kappa shape index (κ2) is 4.90. The summed E-state index contributed by atoms with van der Waals surface area (Å²) < 4.78 is 0. The Morgan fingerprint density at radius 1 is 0.750 bits per heavy atom. The molecule has 0 aliphatic rings. The van der Waals surface area contributed by atoms with Gasteiger partial charge in [-0.3, -0.25) is 0 Å². The van der Waals surface area contributed by atoms with Crippen molar-refractivity contribution in [2.24, 2.45) is 9.98 Å². The summed E-state index contributed by atoms with van der Waals surface area (Å²) in [4.78, 5) is 28.7. The van der Waals surface area contributed by atoms with Crippen molar-refractivity contribution in [3.63, 3.8) is 0 Å². The summed E-state index contributed by atoms with van der Waals surface area (Å²) in [6.07, 6.45) is 3.13. The predicted molar refractivity (Wildman–Crippen MR) is 77.0 cm³/mol. The van der Waals surface area contributed by atoms with Crippen LogP contribution in [0.5, 0.6) is 0 Å². The van der Waals surface area contributed by atoms with Crippen LogP contribution in [-0.4, -0.2) is 12.2 Å². The van der Waals surface area contributed by atoms with Crippen molar-refractivity contribution in [1.29, 1.82) is 0 Å². The number of isocyanates is 2. The van der Waals surface area contributed by atoms with E-state index < -0.39 is 0 Å². The minimum absolute atomic E-state index is 0.505. The van der Waals surface area contributed by atoms with E-state index in [9.17, 15) is 9.59 Å². The Labute approximate surface area is 114 Å². The molecular formula is C16H8N2O2. The van der Waals surface area contributed by atoms with Crippen LogP contribution in [0, 0.1) is 0 Å². The van der Waals surface area contributed by atoms with Crippen LogP contribution in [0.4, 0.5) is 11.4 Å². The molecule has 0 amide bonds. The number of hydrogen-bond donors (Lipinski definition) is 0. The van der Waals surface area contributed by atoms with Gasteiger partial charge < -0.3 is 0 Å². The number of hydrogen-bond acceptors (Lipinski definition) is 4. The maximum atomic E-state index is 10.7. The van der Waals surface area contributed by atoms with E-state index in [1.807, 2.05) is 36.4 Å². The Kier molecular flexibility index (Phi) is 2.94. The first-order chi connectivity index (χ1) is 9.85. The normalized spacial score (nSPS) is 10.0. The van der Waals surface area contributed by atoms with Crippen LogP contribution in [0.3, 0.4) is 0 Å². The van der Waals surface area contributed by atoms with Gasteiger partial charge in [0.05, 0.1) is 11.4 Å². The van der Waals surface area contributed by atoms with Crippen molar-refractivity contribution < 1.29 is 9.59 Å². The average molecular weight is 260 g/mol. The second-order valence-electron chi connectivity index (χ2n) is 4.22. The first kappa shape index (κ1) is 12.0. The minimum Gasteiger partial charge on any atom is -0.211 e. The largest absolute Gasteiger partial charge is 0.240 e. The van der Waals surface area contributed by atoms with Crippen LogP contribution < -0.4 is 0 Å². The first-order valence-corrected chi connectivity index (χ1v) is 5.95. The Morgan fingerprint density at radius 3 is 2.30 bits per heavy atom. The van der Waals surface area contributed by atoms with Gasteiger partial charge in [0, 0.05) is 16.2 Å². The molecule has 0 saturated heterocycles. The Balaban J connectivity index is 2.59. The van der Waals surface area contributed by atoms with E-state index in [4.69, 9.17) is 0 Å². The number of carbonyl (C=O) groups excluding carboxylic acids is 2. The zero-order valence-corrected chi connectivity index (χ0v) is 10.3. The van der Waals surface area contributed by atoms with Gasteiger partial charge in [-0.25, -0.2) is 9.59 Å². The number of aliphatic imine (C=N–C) groups is 2. The molecule has 0 unspecified atom stereocenters. The number of fused-ring (bicyclic) bond motifs is 2. The first-order valence-electron chi connectivity index (χ1n) is 5.95. The molecule has 0 fully saturated rings. The van der Waals surface area contributed by atoms with Gasteiger partial charge in [-0.05, 0) is 17.5 Å². The molecule has 0 saturated carbocycles. The van der Waals surface area contributed by atoms with Gasteiger partial charge >= 0.3 is 0 Å². The van der Waals surface area contributed by atoms with E-state index in [0.29, 0.717) is 11.4 Å². The smallest absolute Gasteiger partial charge is 0.211 e. The topological polar surface area (TPSA) is 58.9 Å². The molecule has 0 N–H and O–H groups in total. The molecule has 3 aromatic rings. The third-order valence-electron chi connectivity index (χ3n) is 3.18. The third-order valence-corrected chi connectivity index (χ3v) is 3.18. The van der Waals surface area contributed by atoms with Gasteiger partial charge in [0.2, 0.25) is 12.2 Å². The average Bonchev–Trinajstić information content (AvgIpc) is 2.48. The van der Waals surface area contributed by atoms with E-state index in [0.717, 1.165) is 21.5 Å². The molecule has 0 bridgehead atoms. The summed E-state index contributed by atoms with van der Waals surface area (Å²) in [5.74, 6) is 0. The van der Waals surface area contributed by atoms with Crippen LogP contribution >= 0.6 is 0 Å². The number of rotatable bonds is 2. The molecule has 3 rings (SSSR count). The Bertz CT molecular complexity index is 918. The van der Waals surface area contributed by atoms with Gasteiger partial charge in [0.1, 0.15) is 0 Å². The second-order valence-corrected chi connectivity index (χ2v) is 4.22. The van der Waals surface area contributed by atoms with Gasteiger partial charge in [-0.1, -0.05) is 36.4 Å². The molecule has 0 heterocycles. The highest BCUT2D eigenvalue weighted by Crippen LogP contribution is 2.38. The Morgan fingerprint density at radius 2 is 1.50 bits per heavy atom. The molecular weight excluding hydrogens is 252 g/mol. The minimum atomic E-state index is 0.505. The molecule has 0 aliphatic heterocycles. The lowest BCUT2D eigenvalue weighted by molar-refractivity contribution is 0.564. The van der Waals surface area contributed by atoms with Crippen LogP contribution in [-0.2, 0) is 9.59 Å². The zero-order valence-electron chi connectivity index (χ0n) is 10.3. The van der Waals surface area contributed by atoms with Crippen molar-refractivity contribution in [2.45, 2.75) is 0 Å². The standard InChI is InChI=1S/C16H8N2O2/c19-9-17-15-7-3-6-13-14(15)8-11-4-1-2-5-12(11)16(13)18-10-20/h1-8H. The maximum Gasteiger partial charge on any atom is 0.240 e. The Hall–Kier alpha value is -3.06. The lowest BCUT2D eigenvalue weighted by atomic mass is 10.00. The molecule has 4 nitrogen and oxygen atoms in total. The van der Waals surface area contributed by atoms with Crippen molar-refractivity contribution >= 4 is 45.1 Å². The molecule has 94 valence electrons. The summed E-state index contributed by atoms with van der Waals surface area (Å²) in [6, 6.07) is 14.8. The van der Waals surface area contributed by atoms with Crippen LogP contribution in [0.25, 0.3) is 21.5 Å². The maximum absolute atomic E-state index is 10.7. The number of nitrogens with zero attached hydrogens (tertiary/aromatic N) is 2. The van der Waals surface area contributed by atoms with E-state index in [2.05, 4.69) is 9.98 Å². The molecule has 0 aromatic heterocycles. The highest BCUT2D eigenvalue weighted by Gasteiger charge is 2.09. The van der Waals surface area contributed by atoms with Gasteiger partial charge in [-0.2, -0.15) is 9.98 Å². The van der Waals surface area contributed by atoms with Crippen molar-refractivity contribution in [3.05, 3.63) is 48.5 Å². The summed E-state index contributed by atoms with van der Waals surface area (Å²) >= 11 is 0. The molecule has 4 heteroatoms. The predicted octanol–water partition coefficient (Wildman–Crippen LogP) is 3.93. The van der Waals surface area contributed by atoms with Crippen LogP contribution in [0.1, 0.15) is 0 Å². The fraction of sp³-hybridized carbons (Fsp3) is 0. The van der Waals surface area contributed by atoms with Gasteiger partial charge in [0.15, 0.2) is 0 Å². The van der Waals surface area contributed by atoms with E-state index in [1.165, 1.54) is 0 Å². The third kappa shape index (κ3) is 1.82. The van der Waals surface area contributed by atoms with Crippen molar-refractivity contribution in [1.82, 2.24) is 0 Å². The molecule has 0 aliphatic carbocycles. The van der Waals surface area contributed by atoms with Gasteiger partial charge in [0.25, 0.3) is 0 Å². The summed E-state index contributed by atoms with van der Waals surface area (Å²) in [5, 5.41) is 3.28. The highest BCUT2D eigenvalue weighted by molar-refractivity contribution is 6.13. The molecule has 0 spiro atoms. The van der Waals surface area contributed by atoms with E-state index in [-0.39, 0.29) is 0 Å². The SMILES string of the molecule is O=C=Nc1cccc2c(N=C=O)c3ccccc3cc12. The van der Waals surface area contributed by atoms with Gasteiger partial charge in [-0.15, -0.1) is 0 Å². The van der Waals surface area contributed by atoms with Crippen molar-refractivity contribution in [3.8, 4) is 0 Å². The van der Waals surface area contributed by atoms with Crippen LogP contribution in [0.15, 0.2) is 58.5 Å². The molecule has 3 aromatic carbocycles. The monoisotopic (exact) mass is 260 g/mol.